The number of urea groups is 1. The zero-order valence-corrected chi connectivity index (χ0v) is 15.9. The van der Waals surface area contributed by atoms with Crippen molar-refractivity contribution >= 4 is 34.9 Å². The number of hydrogen-bond acceptors (Lipinski definition) is 7. The first-order valence-corrected chi connectivity index (χ1v) is 8.45. The Bertz CT molecular complexity index is 1010. The first kappa shape index (κ1) is 19.3. The lowest BCUT2D eigenvalue weighted by Crippen LogP contribution is -2.41. The van der Waals surface area contributed by atoms with Crippen LogP contribution in [0.15, 0.2) is 22.6 Å². The third-order valence-corrected chi connectivity index (χ3v) is 4.33. The fourth-order valence-electron chi connectivity index (χ4n) is 2.63. The summed E-state index contributed by atoms with van der Waals surface area (Å²) in [7, 11) is 0. The number of ether oxygens (including phenoxy) is 1. The number of amides is 4. The number of hydrogen-bond donors (Lipinski definition) is 2. The first-order valence-electron chi connectivity index (χ1n) is 8.45. The van der Waals surface area contributed by atoms with Crippen LogP contribution in [0.25, 0.3) is 11.1 Å². The highest BCUT2D eigenvalue weighted by molar-refractivity contribution is 6.07. The SMILES string of the molecule is CC(C)(C)C(=O)OCN1C(=O)N[C@@](C)(c2cc3nc(C(N)=O)ccc3o2)C1=O. The molecule has 3 rings (SSSR count). The first-order chi connectivity index (χ1) is 12.9. The molecule has 1 aliphatic rings. The minimum Gasteiger partial charge on any atom is -0.456 e. The van der Waals surface area contributed by atoms with Gasteiger partial charge in [0.05, 0.1) is 5.41 Å². The largest absolute Gasteiger partial charge is 0.456 e. The number of esters is 1. The fraction of sp³-hybridized carbons (Fsp3) is 0.389. The van der Waals surface area contributed by atoms with Gasteiger partial charge in [0.1, 0.15) is 17.0 Å². The van der Waals surface area contributed by atoms with E-state index in [4.69, 9.17) is 14.9 Å². The number of nitrogens with zero attached hydrogens (tertiary/aromatic N) is 2. The van der Waals surface area contributed by atoms with E-state index >= 15 is 0 Å². The van der Waals surface area contributed by atoms with E-state index < -0.39 is 41.5 Å². The fourth-order valence-corrected chi connectivity index (χ4v) is 2.63. The predicted molar refractivity (Wildman–Crippen MR) is 95.7 cm³/mol. The highest BCUT2D eigenvalue weighted by atomic mass is 16.5. The molecule has 2 aromatic heterocycles. The standard InChI is InChI=1S/C18H20N4O6/c1-17(2,3)15(25)27-8-22-14(24)18(4,21-16(22)26)12-7-10-11(28-12)6-5-9(20-10)13(19)23/h5-7H,8H2,1-4H3,(H2,19,23)(H,21,26)/t18-/m0/s1. The number of primary amides is 1. The van der Waals surface area contributed by atoms with Gasteiger partial charge in [-0.1, -0.05) is 0 Å². The van der Waals surface area contributed by atoms with Crippen LogP contribution >= 0.6 is 0 Å². The van der Waals surface area contributed by atoms with Crippen molar-refractivity contribution < 1.29 is 28.3 Å². The normalized spacial score (nSPS) is 19.8. The van der Waals surface area contributed by atoms with E-state index in [2.05, 4.69) is 10.3 Å². The summed E-state index contributed by atoms with van der Waals surface area (Å²) in [4.78, 5) is 53.2. The predicted octanol–water partition coefficient (Wildman–Crippen LogP) is 1.24. The Kier molecular flexibility index (Phi) is 4.37. The molecular weight excluding hydrogens is 368 g/mol. The Morgan fingerprint density at radius 3 is 2.61 bits per heavy atom. The monoisotopic (exact) mass is 388 g/mol. The molecule has 1 atom stereocenters. The topological polar surface area (TPSA) is 145 Å². The lowest BCUT2D eigenvalue weighted by atomic mass is 9.97. The van der Waals surface area contributed by atoms with Gasteiger partial charge in [-0.2, -0.15) is 0 Å². The highest BCUT2D eigenvalue weighted by Crippen LogP contribution is 2.32. The molecule has 0 spiro atoms. The van der Waals surface area contributed by atoms with Crippen LogP contribution in [0.1, 0.15) is 43.9 Å². The van der Waals surface area contributed by atoms with Gasteiger partial charge in [-0.25, -0.2) is 14.7 Å². The maximum atomic E-state index is 12.8. The number of aromatic nitrogens is 1. The summed E-state index contributed by atoms with van der Waals surface area (Å²) in [5.74, 6) is -1.77. The average Bonchev–Trinajstić information content (AvgIpc) is 3.12. The molecule has 0 aromatic carbocycles. The molecule has 3 N–H and O–H groups in total. The minimum atomic E-state index is -1.52. The molecule has 10 heteroatoms. The molecule has 0 aliphatic carbocycles. The van der Waals surface area contributed by atoms with E-state index in [9.17, 15) is 19.2 Å². The molecule has 0 bridgehead atoms. The molecule has 1 aliphatic heterocycles. The summed E-state index contributed by atoms with van der Waals surface area (Å²) in [5.41, 5.74) is 3.60. The smallest absolute Gasteiger partial charge is 0.328 e. The van der Waals surface area contributed by atoms with Gasteiger partial charge in [0.25, 0.3) is 11.8 Å². The number of rotatable bonds is 4. The summed E-state index contributed by atoms with van der Waals surface area (Å²) in [5, 5.41) is 2.54. The molecule has 1 fully saturated rings. The maximum absolute atomic E-state index is 12.8. The molecule has 148 valence electrons. The van der Waals surface area contributed by atoms with E-state index in [1.54, 1.807) is 20.8 Å². The number of fused-ring (bicyclic) bond motifs is 1. The molecule has 1 saturated heterocycles. The third kappa shape index (κ3) is 3.17. The Balaban J connectivity index is 1.87. The van der Waals surface area contributed by atoms with Crippen molar-refractivity contribution in [1.82, 2.24) is 15.2 Å². The van der Waals surface area contributed by atoms with Gasteiger partial charge >= 0.3 is 12.0 Å². The highest BCUT2D eigenvalue weighted by Gasteiger charge is 2.52. The lowest BCUT2D eigenvalue weighted by molar-refractivity contribution is -0.158. The van der Waals surface area contributed by atoms with Crippen molar-refractivity contribution in [3.05, 3.63) is 29.7 Å². The van der Waals surface area contributed by atoms with Gasteiger partial charge in [-0.05, 0) is 39.8 Å². The quantitative estimate of drug-likeness (QED) is 0.592. The Labute approximate surface area is 160 Å². The Morgan fingerprint density at radius 1 is 1.32 bits per heavy atom. The van der Waals surface area contributed by atoms with Gasteiger partial charge in [0.15, 0.2) is 17.9 Å². The summed E-state index contributed by atoms with van der Waals surface area (Å²) in [6, 6.07) is 3.62. The van der Waals surface area contributed by atoms with Crippen molar-refractivity contribution in [3.8, 4) is 0 Å². The van der Waals surface area contributed by atoms with Crippen LogP contribution in [0.3, 0.4) is 0 Å². The van der Waals surface area contributed by atoms with E-state index in [-0.39, 0.29) is 11.5 Å². The number of carbonyl (C=O) groups is 4. The zero-order chi connectivity index (χ0) is 20.9. The second kappa shape index (κ2) is 6.32. The molecule has 0 unspecified atom stereocenters. The number of nitrogens with one attached hydrogen (secondary N) is 1. The van der Waals surface area contributed by atoms with Gasteiger partial charge in [0, 0.05) is 6.07 Å². The van der Waals surface area contributed by atoms with Crippen molar-refractivity contribution in [1.29, 1.82) is 0 Å². The summed E-state index contributed by atoms with van der Waals surface area (Å²) >= 11 is 0. The second-order valence-electron chi connectivity index (χ2n) is 7.65. The average molecular weight is 388 g/mol. The molecule has 4 amide bonds. The van der Waals surface area contributed by atoms with Gasteiger partial charge in [-0.3, -0.25) is 14.4 Å². The van der Waals surface area contributed by atoms with Crippen LogP contribution in [0, 0.1) is 5.41 Å². The maximum Gasteiger partial charge on any atom is 0.328 e. The van der Waals surface area contributed by atoms with E-state index in [0.29, 0.717) is 11.1 Å². The minimum absolute atomic E-state index is 0.0440. The molecule has 3 heterocycles. The van der Waals surface area contributed by atoms with Crippen LogP contribution < -0.4 is 11.1 Å². The van der Waals surface area contributed by atoms with E-state index in [1.807, 2.05) is 0 Å². The van der Waals surface area contributed by atoms with Crippen LogP contribution in [0.4, 0.5) is 4.79 Å². The number of carbonyl (C=O) groups excluding carboxylic acids is 4. The van der Waals surface area contributed by atoms with Crippen molar-refractivity contribution in [2.45, 2.75) is 33.2 Å². The summed E-state index contributed by atoms with van der Waals surface area (Å²) in [6.07, 6.45) is 0. The van der Waals surface area contributed by atoms with Crippen molar-refractivity contribution in [2.24, 2.45) is 11.1 Å². The summed E-state index contributed by atoms with van der Waals surface area (Å²) < 4.78 is 10.7. The number of imide groups is 1. The zero-order valence-electron chi connectivity index (χ0n) is 15.9. The third-order valence-electron chi connectivity index (χ3n) is 4.33. The second-order valence-corrected chi connectivity index (χ2v) is 7.65. The molecule has 10 nitrogen and oxygen atoms in total. The van der Waals surface area contributed by atoms with Gasteiger partial charge in [0.2, 0.25) is 0 Å². The Hall–Kier alpha value is -3.43. The van der Waals surface area contributed by atoms with Crippen molar-refractivity contribution in [3.63, 3.8) is 0 Å². The Morgan fingerprint density at radius 2 is 2.00 bits per heavy atom. The van der Waals surface area contributed by atoms with Crippen LogP contribution in [-0.2, 0) is 19.9 Å². The van der Waals surface area contributed by atoms with Gasteiger partial charge < -0.3 is 20.2 Å². The number of furan rings is 1. The van der Waals surface area contributed by atoms with Crippen LogP contribution in [0.2, 0.25) is 0 Å². The van der Waals surface area contributed by atoms with Crippen LogP contribution in [-0.4, -0.2) is 40.4 Å². The van der Waals surface area contributed by atoms with Crippen LogP contribution in [0.5, 0.6) is 0 Å². The number of pyridine rings is 1. The summed E-state index contributed by atoms with van der Waals surface area (Å²) in [6.45, 7) is 5.93. The molecule has 28 heavy (non-hydrogen) atoms. The lowest BCUT2D eigenvalue weighted by Gasteiger charge is -2.21. The van der Waals surface area contributed by atoms with E-state index in [0.717, 1.165) is 4.90 Å². The molecule has 2 aromatic rings. The van der Waals surface area contributed by atoms with E-state index in [1.165, 1.54) is 25.1 Å². The molecular formula is C18H20N4O6. The number of nitrogens with two attached hydrogens (primary N) is 1. The molecule has 0 radical (unpaired) electrons. The van der Waals surface area contributed by atoms with Gasteiger partial charge in [-0.15, -0.1) is 0 Å². The molecule has 0 saturated carbocycles. The van der Waals surface area contributed by atoms with Crippen molar-refractivity contribution in [2.75, 3.05) is 6.73 Å².